The average molecular weight is 453 g/mol. The Labute approximate surface area is 198 Å². The molecule has 188 valence electrons. The van der Waals surface area contributed by atoms with E-state index in [1.807, 2.05) is 13.8 Å². The van der Waals surface area contributed by atoms with E-state index in [1.54, 1.807) is 0 Å². The summed E-state index contributed by atoms with van der Waals surface area (Å²) in [5.74, 6) is -0.799. The summed E-state index contributed by atoms with van der Waals surface area (Å²) >= 11 is 0. The lowest BCUT2D eigenvalue weighted by Crippen LogP contribution is -2.38. The van der Waals surface area contributed by atoms with Crippen molar-refractivity contribution in [3.63, 3.8) is 0 Å². The van der Waals surface area contributed by atoms with Crippen molar-refractivity contribution >= 4 is 11.9 Å². The van der Waals surface area contributed by atoms with E-state index in [9.17, 15) is 9.59 Å². The van der Waals surface area contributed by atoms with Gasteiger partial charge in [-0.2, -0.15) is 0 Å². The van der Waals surface area contributed by atoms with Gasteiger partial charge in [0.05, 0.1) is 25.0 Å². The van der Waals surface area contributed by atoms with Gasteiger partial charge in [0.15, 0.2) is 0 Å². The van der Waals surface area contributed by atoms with E-state index in [2.05, 4.69) is 6.92 Å². The Balaban J connectivity index is 2.43. The normalized spacial score (nSPS) is 16.5. The van der Waals surface area contributed by atoms with Crippen LogP contribution in [-0.2, 0) is 19.1 Å². The van der Waals surface area contributed by atoms with E-state index in [0.717, 1.165) is 44.9 Å². The van der Waals surface area contributed by atoms with Crippen molar-refractivity contribution in [3.05, 3.63) is 0 Å². The van der Waals surface area contributed by atoms with Crippen LogP contribution in [0.25, 0.3) is 0 Å². The zero-order valence-electron chi connectivity index (χ0n) is 21.5. The smallest absolute Gasteiger partial charge is 0.310 e. The maximum Gasteiger partial charge on any atom is 0.310 e. The largest absolute Gasteiger partial charge is 0.466 e. The van der Waals surface area contributed by atoms with Crippen molar-refractivity contribution in [3.8, 4) is 0 Å². The molecular weight excluding hydrogens is 400 g/mol. The Morgan fingerprint density at radius 1 is 0.656 bits per heavy atom. The molecule has 4 nitrogen and oxygen atoms in total. The van der Waals surface area contributed by atoms with Crippen molar-refractivity contribution in [2.75, 3.05) is 13.2 Å². The van der Waals surface area contributed by atoms with Gasteiger partial charge in [-0.25, -0.2) is 0 Å². The summed E-state index contributed by atoms with van der Waals surface area (Å²) in [7, 11) is 0. The van der Waals surface area contributed by atoms with Crippen molar-refractivity contribution < 1.29 is 19.1 Å². The first-order valence-corrected chi connectivity index (χ1v) is 14.0. The third kappa shape index (κ3) is 12.3. The molecule has 2 atom stereocenters. The topological polar surface area (TPSA) is 52.6 Å². The lowest BCUT2D eigenvalue weighted by molar-refractivity contribution is -0.164. The monoisotopic (exact) mass is 452 g/mol. The standard InChI is InChI=1S/C28H52O4/c1-4-7-8-9-10-11-12-13-14-15-16-20-23-25(27(29)31-5-2)26(28(30)32-6-3)24-21-18-17-19-22-24/h24-26H,4-23H2,1-3H3. The summed E-state index contributed by atoms with van der Waals surface area (Å²) in [4.78, 5) is 25.7. The SMILES string of the molecule is CCCCCCCCCCCCCCC(C(=O)OCC)C(C(=O)OCC)C1CCCCC1. The Bertz CT molecular complexity index is 470. The first-order chi connectivity index (χ1) is 15.7. The summed E-state index contributed by atoms with van der Waals surface area (Å²) in [6.45, 7) is 6.70. The van der Waals surface area contributed by atoms with Gasteiger partial charge in [-0.1, -0.05) is 103 Å². The predicted octanol–water partition coefficient (Wildman–Crippen LogP) is 8.02. The van der Waals surface area contributed by atoms with Crippen molar-refractivity contribution in [1.29, 1.82) is 0 Å². The fourth-order valence-electron chi connectivity index (χ4n) is 5.32. The molecule has 0 bridgehead atoms. The van der Waals surface area contributed by atoms with Crippen molar-refractivity contribution in [1.82, 2.24) is 0 Å². The first kappa shape index (κ1) is 29.0. The summed E-state index contributed by atoms with van der Waals surface area (Å²) in [6, 6.07) is 0. The van der Waals surface area contributed by atoms with Gasteiger partial charge in [0.1, 0.15) is 0 Å². The van der Waals surface area contributed by atoms with Crippen LogP contribution in [-0.4, -0.2) is 25.2 Å². The Morgan fingerprint density at radius 3 is 1.62 bits per heavy atom. The molecule has 0 spiro atoms. The summed E-state index contributed by atoms with van der Waals surface area (Å²) in [5.41, 5.74) is 0. The van der Waals surface area contributed by atoms with E-state index in [1.165, 1.54) is 70.6 Å². The molecule has 0 N–H and O–H groups in total. The fraction of sp³-hybridized carbons (Fsp3) is 0.929. The van der Waals surface area contributed by atoms with Crippen LogP contribution in [0.5, 0.6) is 0 Å². The second-order valence-corrected chi connectivity index (χ2v) is 9.71. The highest BCUT2D eigenvalue weighted by molar-refractivity contribution is 5.82. The molecular formula is C28H52O4. The van der Waals surface area contributed by atoms with Crippen LogP contribution in [0, 0.1) is 17.8 Å². The summed E-state index contributed by atoms with van der Waals surface area (Å²) in [6.07, 6.45) is 21.9. The molecule has 32 heavy (non-hydrogen) atoms. The maximum absolute atomic E-state index is 12.9. The minimum Gasteiger partial charge on any atom is -0.466 e. The Kier molecular flexibility index (Phi) is 17.6. The van der Waals surface area contributed by atoms with Crippen LogP contribution in [0.15, 0.2) is 0 Å². The Morgan fingerprint density at radius 2 is 1.12 bits per heavy atom. The van der Waals surface area contributed by atoms with Gasteiger partial charge in [0.2, 0.25) is 0 Å². The Hall–Kier alpha value is -1.06. The minimum absolute atomic E-state index is 0.184. The molecule has 1 aliphatic rings. The van der Waals surface area contributed by atoms with E-state index >= 15 is 0 Å². The van der Waals surface area contributed by atoms with Gasteiger partial charge >= 0.3 is 11.9 Å². The molecule has 4 heteroatoms. The molecule has 1 saturated carbocycles. The highest BCUT2D eigenvalue weighted by Crippen LogP contribution is 2.37. The van der Waals surface area contributed by atoms with Gasteiger partial charge in [-0.05, 0) is 39.0 Å². The molecule has 1 rings (SSSR count). The lowest BCUT2D eigenvalue weighted by atomic mass is 9.72. The first-order valence-electron chi connectivity index (χ1n) is 14.0. The second-order valence-electron chi connectivity index (χ2n) is 9.71. The molecule has 0 aromatic heterocycles. The number of hydrogen-bond donors (Lipinski definition) is 0. The van der Waals surface area contributed by atoms with E-state index < -0.39 is 0 Å². The van der Waals surface area contributed by atoms with Crippen LogP contribution in [0.2, 0.25) is 0 Å². The van der Waals surface area contributed by atoms with Crippen molar-refractivity contribution in [2.24, 2.45) is 17.8 Å². The molecule has 0 heterocycles. The van der Waals surface area contributed by atoms with Crippen LogP contribution in [0.1, 0.15) is 136 Å². The molecule has 0 amide bonds. The number of ether oxygens (including phenoxy) is 2. The number of carbonyl (C=O) groups is 2. The van der Waals surface area contributed by atoms with Gasteiger partial charge < -0.3 is 9.47 Å². The molecule has 0 aromatic carbocycles. The quantitative estimate of drug-likeness (QED) is 0.147. The number of unbranched alkanes of at least 4 members (excludes halogenated alkanes) is 11. The predicted molar refractivity (Wildman–Crippen MR) is 133 cm³/mol. The highest BCUT2D eigenvalue weighted by Gasteiger charge is 2.41. The number of hydrogen-bond acceptors (Lipinski definition) is 4. The molecule has 0 saturated heterocycles. The second kappa shape index (κ2) is 19.4. The van der Waals surface area contributed by atoms with E-state index in [4.69, 9.17) is 9.47 Å². The molecule has 0 aliphatic heterocycles. The fourth-order valence-corrected chi connectivity index (χ4v) is 5.32. The average Bonchev–Trinajstić information content (AvgIpc) is 2.80. The van der Waals surface area contributed by atoms with Crippen LogP contribution >= 0.6 is 0 Å². The third-order valence-corrected chi connectivity index (χ3v) is 7.11. The van der Waals surface area contributed by atoms with E-state index in [-0.39, 0.29) is 29.7 Å². The van der Waals surface area contributed by atoms with Gasteiger partial charge in [-0.15, -0.1) is 0 Å². The molecule has 0 aromatic rings. The van der Waals surface area contributed by atoms with Crippen LogP contribution in [0.3, 0.4) is 0 Å². The van der Waals surface area contributed by atoms with Crippen LogP contribution in [0.4, 0.5) is 0 Å². The highest BCUT2D eigenvalue weighted by atomic mass is 16.5. The summed E-state index contributed by atoms with van der Waals surface area (Å²) < 4.78 is 10.8. The number of carbonyl (C=O) groups excluding carboxylic acids is 2. The molecule has 2 unspecified atom stereocenters. The molecule has 1 aliphatic carbocycles. The minimum atomic E-state index is -0.347. The van der Waals surface area contributed by atoms with Gasteiger partial charge in [0.25, 0.3) is 0 Å². The summed E-state index contributed by atoms with van der Waals surface area (Å²) in [5, 5.41) is 0. The van der Waals surface area contributed by atoms with Gasteiger partial charge in [-0.3, -0.25) is 9.59 Å². The number of esters is 2. The molecule has 0 radical (unpaired) electrons. The van der Waals surface area contributed by atoms with Crippen LogP contribution < -0.4 is 0 Å². The zero-order chi connectivity index (χ0) is 23.4. The third-order valence-electron chi connectivity index (χ3n) is 7.11. The van der Waals surface area contributed by atoms with Gasteiger partial charge in [0, 0.05) is 0 Å². The number of rotatable bonds is 19. The zero-order valence-corrected chi connectivity index (χ0v) is 21.5. The molecule has 1 fully saturated rings. The lowest BCUT2D eigenvalue weighted by Gasteiger charge is -2.33. The van der Waals surface area contributed by atoms with E-state index in [0.29, 0.717) is 13.2 Å². The van der Waals surface area contributed by atoms with Crippen molar-refractivity contribution in [2.45, 2.75) is 136 Å². The maximum atomic E-state index is 12.9.